The molecule has 8 heteroatoms. The molecule has 173 valence electrons. The van der Waals surface area contributed by atoms with E-state index in [4.69, 9.17) is 8.12 Å². The van der Waals surface area contributed by atoms with Crippen molar-refractivity contribution in [2.75, 3.05) is 0 Å². The molecule has 0 aliphatic heterocycles. The molecule has 0 fully saturated rings. The van der Waals surface area contributed by atoms with Gasteiger partial charge in [0.15, 0.2) is 8.32 Å². The van der Waals surface area contributed by atoms with Gasteiger partial charge in [0.25, 0.3) is 0 Å². The van der Waals surface area contributed by atoms with Crippen molar-refractivity contribution in [3.8, 4) is 11.1 Å². The number of halogens is 2. The van der Waals surface area contributed by atoms with E-state index in [1.54, 1.807) is 14.6 Å². The van der Waals surface area contributed by atoms with Crippen LogP contribution in [0, 0.1) is 20.4 Å². The number of hydrogen-bond acceptors (Lipinski definition) is 2. The summed E-state index contributed by atoms with van der Waals surface area (Å²) in [6.45, 7) is 17.3. The van der Waals surface area contributed by atoms with Crippen molar-refractivity contribution in [2.45, 2.75) is 52.5 Å². The van der Waals surface area contributed by atoms with Crippen molar-refractivity contribution in [2.24, 2.45) is 0 Å². The van der Waals surface area contributed by atoms with Crippen LogP contribution in [0.4, 0.5) is 0 Å². The normalized spacial score (nSPS) is 11.3. The quantitative estimate of drug-likeness (QED) is 0.327. The molecular formula is C22H40Cl2O2Si3Ti-3. The molecule has 0 saturated carbocycles. The molecule has 2 aromatic carbocycles. The van der Waals surface area contributed by atoms with E-state index in [-0.39, 0.29) is 32.2 Å². The van der Waals surface area contributed by atoms with Gasteiger partial charge in [-0.05, 0) is 31.1 Å². The van der Waals surface area contributed by atoms with E-state index in [1.807, 2.05) is 25.7 Å². The van der Waals surface area contributed by atoms with E-state index < -0.39 is 26.2 Å². The molecular weight excluding hydrogens is 499 g/mol. The zero-order chi connectivity index (χ0) is 21.5. The predicted molar refractivity (Wildman–Crippen MR) is 144 cm³/mol. The van der Waals surface area contributed by atoms with Crippen LogP contribution >= 0.6 is 24.8 Å². The number of hydrogen-bond donors (Lipinski definition) is 1. The monoisotopic (exact) mass is 538 g/mol. The zero-order valence-electron chi connectivity index (χ0n) is 19.8. The van der Waals surface area contributed by atoms with Crippen LogP contribution in [0.5, 0.6) is 0 Å². The fourth-order valence-electron chi connectivity index (χ4n) is 2.32. The Hall–Kier alpha value is 0.145. The van der Waals surface area contributed by atoms with Gasteiger partial charge >= 0.3 is 28.8 Å². The molecule has 1 aliphatic carbocycles. The average Bonchev–Trinajstić information content (AvgIpc) is 2.91. The molecule has 2 nitrogen and oxygen atoms in total. The fraction of sp³-hybridized carbons (Fsp3) is 0.364. The van der Waals surface area contributed by atoms with Crippen molar-refractivity contribution >= 4 is 50.3 Å². The molecule has 0 aromatic heterocycles. The van der Waals surface area contributed by atoms with Gasteiger partial charge in [-0.2, -0.15) is 31.2 Å². The van der Waals surface area contributed by atoms with Gasteiger partial charge in [-0.25, -0.2) is 0 Å². The summed E-state index contributed by atoms with van der Waals surface area (Å²) in [6, 6.07) is 18.2. The second-order valence-electron chi connectivity index (χ2n) is 6.70. The molecule has 1 unspecified atom stereocenters. The van der Waals surface area contributed by atoms with Crippen LogP contribution in [-0.4, -0.2) is 30.3 Å². The van der Waals surface area contributed by atoms with E-state index >= 15 is 0 Å². The van der Waals surface area contributed by atoms with Crippen LogP contribution in [0.15, 0.2) is 42.5 Å². The second kappa shape index (κ2) is 23.8. The molecule has 30 heavy (non-hydrogen) atoms. The Morgan fingerprint density at radius 1 is 1.07 bits per heavy atom. The molecule has 0 bridgehead atoms. The van der Waals surface area contributed by atoms with Gasteiger partial charge < -0.3 is 19.1 Å². The fourth-order valence-corrected chi connectivity index (χ4v) is 2.32. The Morgan fingerprint density at radius 3 is 1.87 bits per heavy atom. The second-order valence-corrected chi connectivity index (χ2v) is 13.8. The van der Waals surface area contributed by atoms with Gasteiger partial charge in [-0.1, -0.05) is 49.8 Å². The Labute approximate surface area is 212 Å². The summed E-state index contributed by atoms with van der Waals surface area (Å²) in [5, 5.41) is 0. The molecule has 0 saturated heterocycles. The standard InChI is InChI=1S/C14H11.C3H10OSi.C2H7Si.C2H5.CH3.2ClH.O.H2Si.Ti/c1-10-11-6-2-4-8-13(11)14-9-5-3-7-12(10)14;1-5(2,3)4;1-3-2;1-2;;;;;;/h2-6,8-10H,1H3;4H,1-3H3;3H,1-2H3;1H2,2H3;1H3;2*1H;;1H2;/q-1;;;2*-1;;;;;. The molecule has 0 amide bonds. The molecule has 1 atom stereocenters. The summed E-state index contributed by atoms with van der Waals surface area (Å²) in [4.78, 5) is 8.66. The SMILES string of the molecule is CC1c2[c-]cccc2-c2ccccc21.C[SiH]C.C[Si](C)(C)O.Cl.Cl.[CH2-]C.[CH3-].[O]=[Ti]=[SiH2]. The Kier molecular flexibility index (Phi) is 32.1. The minimum absolute atomic E-state index is 0. The summed E-state index contributed by atoms with van der Waals surface area (Å²) in [5.74, 6) is 0.502. The third-order valence-corrected chi connectivity index (χ3v) is 3.04. The summed E-state index contributed by atoms with van der Waals surface area (Å²) >= 11 is -0.722. The molecule has 1 radical (unpaired) electrons. The first-order valence-corrected chi connectivity index (χ1v) is 19.5. The zero-order valence-corrected chi connectivity index (χ0v) is 26.5. The van der Waals surface area contributed by atoms with Gasteiger partial charge in [0, 0.05) is 9.52 Å². The van der Waals surface area contributed by atoms with Gasteiger partial charge in [-0.3, -0.25) is 0 Å². The van der Waals surface area contributed by atoms with E-state index in [9.17, 15) is 0 Å². The summed E-state index contributed by atoms with van der Waals surface area (Å²) in [7, 11) is 0.682. The third-order valence-electron chi connectivity index (χ3n) is 3.04. The van der Waals surface area contributed by atoms with Gasteiger partial charge in [-0.15, -0.1) is 35.9 Å². The Balaban J connectivity index is -0.000000112. The topological polar surface area (TPSA) is 37.3 Å². The van der Waals surface area contributed by atoms with Crippen molar-refractivity contribution in [1.82, 2.24) is 0 Å². The van der Waals surface area contributed by atoms with Crippen molar-refractivity contribution in [1.29, 1.82) is 0 Å². The van der Waals surface area contributed by atoms with Crippen LogP contribution in [0.25, 0.3) is 11.1 Å². The first-order valence-electron chi connectivity index (χ1n) is 9.12. The predicted octanol–water partition coefficient (Wildman–Crippen LogP) is 6.05. The van der Waals surface area contributed by atoms with Gasteiger partial charge in [0.1, 0.15) is 0 Å². The first kappa shape index (κ1) is 40.5. The molecule has 1 aliphatic rings. The Bertz CT molecular complexity index is 639. The van der Waals surface area contributed by atoms with Crippen LogP contribution in [-0.2, 0) is 21.2 Å². The molecule has 0 heterocycles. The molecule has 0 spiro atoms. The van der Waals surface area contributed by atoms with Crippen molar-refractivity contribution < 1.29 is 26.0 Å². The van der Waals surface area contributed by atoms with Crippen LogP contribution in [0.3, 0.4) is 0 Å². The Morgan fingerprint density at radius 2 is 1.43 bits per heavy atom. The maximum absolute atomic E-state index is 9.07. The van der Waals surface area contributed by atoms with Crippen LogP contribution in [0.2, 0.25) is 32.7 Å². The maximum atomic E-state index is 9.07. The van der Waals surface area contributed by atoms with Crippen LogP contribution in [0.1, 0.15) is 30.9 Å². The minimum atomic E-state index is -1.61. The van der Waals surface area contributed by atoms with Crippen molar-refractivity contribution in [3.63, 3.8) is 0 Å². The van der Waals surface area contributed by atoms with Crippen LogP contribution < -0.4 is 0 Å². The summed E-state index contributed by atoms with van der Waals surface area (Å²) in [5.41, 5.74) is 5.51. The number of benzene rings is 2. The van der Waals surface area contributed by atoms with Crippen molar-refractivity contribution in [3.05, 3.63) is 74.0 Å². The first-order chi connectivity index (χ1) is 12.7. The molecule has 3 rings (SSSR count). The van der Waals surface area contributed by atoms with Gasteiger partial charge in [0.2, 0.25) is 0 Å². The molecule has 2 aromatic rings. The van der Waals surface area contributed by atoms with E-state index in [0.29, 0.717) is 5.92 Å². The van der Waals surface area contributed by atoms with E-state index in [1.165, 1.54) is 22.3 Å². The molecule has 1 N–H and O–H groups in total. The number of rotatable bonds is 0. The summed E-state index contributed by atoms with van der Waals surface area (Å²) < 4.78 is 9.07. The van der Waals surface area contributed by atoms with Gasteiger partial charge in [0.05, 0.1) is 0 Å². The average molecular weight is 540 g/mol. The summed E-state index contributed by atoms with van der Waals surface area (Å²) in [6.07, 6.45) is 0. The third kappa shape index (κ3) is 17.8. The van der Waals surface area contributed by atoms with E-state index in [2.05, 4.69) is 69.4 Å². The van der Waals surface area contributed by atoms with E-state index in [0.717, 1.165) is 9.52 Å². The number of fused-ring (bicyclic) bond motifs is 3.